The lowest BCUT2D eigenvalue weighted by Gasteiger charge is -2.33. The number of hydrogen-bond donors (Lipinski definition) is 0. The molecule has 1 heteroatoms. The Kier molecular flexibility index (Phi) is 0.595. The van der Waals surface area contributed by atoms with Crippen molar-refractivity contribution >= 4 is 0 Å². The van der Waals surface area contributed by atoms with Gasteiger partial charge in [-0.2, -0.15) is 0 Å². The van der Waals surface area contributed by atoms with Gasteiger partial charge in [0.15, 0.2) is 0 Å². The molecule has 2 spiro atoms. The van der Waals surface area contributed by atoms with E-state index in [-0.39, 0.29) is 11.2 Å². The molecule has 0 N–H and O–H groups in total. The van der Waals surface area contributed by atoms with E-state index in [4.69, 9.17) is 4.74 Å². The van der Waals surface area contributed by atoms with Gasteiger partial charge in [0.25, 0.3) is 0 Å². The van der Waals surface area contributed by atoms with Crippen LogP contribution >= 0.6 is 0 Å². The Bertz CT molecular complexity index is 482. The summed E-state index contributed by atoms with van der Waals surface area (Å²) in [6.07, 6.45) is 6.47. The Labute approximate surface area is 95.2 Å². The van der Waals surface area contributed by atoms with Crippen LogP contribution in [0.5, 0.6) is 0 Å². The van der Waals surface area contributed by atoms with Gasteiger partial charge in [0.2, 0.25) is 0 Å². The highest BCUT2D eigenvalue weighted by Gasteiger charge is 3.11. The lowest BCUT2D eigenvalue weighted by Crippen LogP contribution is -2.39. The van der Waals surface area contributed by atoms with Gasteiger partial charge in [-0.1, -0.05) is 12.2 Å². The third kappa shape index (κ3) is 0.287. The smallest absolute Gasteiger partial charge is 0.0915 e. The molecule has 4 bridgehead atoms. The minimum atomic E-state index is 0.133. The van der Waals surface area contributed by atoms with Gasteiger partial charge in [0.1, 0.15) is 0 Å². The molecule has 2 unspecified atom stereocenters. The van der Waals surface area contributed by atoms with Gasteiger partial charge in [-0.3, -0.25) is 0 Å². The summed E-state index contributed by atoms with van der Waals surface area (Å²) >= 11 is 0. The Hall–Kier alpha value is -0.300. The summed E-state index contributed by atoms with van der Waals surface area (Å²) in [5, 5.41) is 0. The van der Waals surface area contributed by atoms with Crippen molar-refractivity contribution in [1.82, 2.24) is 0 Å². The first-order valence-corrected chi connectivity index (χ1v) is 7.04. The highest BCUT2D eigenvalue weighted by atomic mass is 16.5. The lowest BCUT2D eigenvalue weighted by molar-refractivity contribution is -0.0452. The Morgan fingerprint density at radius 2 is 1.31 bits per heavy atom. The van der Waals surface area contributed by atoms with Crippen molar-refractivity contribution in [2.24, 2.45) is 46.3 Å². The van der Waals surface area contributed by atoms with Crippen LogP contribution in [0.25, 0.3) is 0 Å². The molecule has 2 heterocycles. The first kappa shape index (κ1) is 7.20. The Morgan fingerprint density at radius 1 is 0.875 bits per heavy atom. The highest BCUT2D eigenvalue weighted by molar-refractivity contribution is 5.61. The molecule has 82 valence electrons. The third-order valence-electron chi connectivity index (χ3n) is 8.52. The van der Waals surface area contributed by atoms with E-state index in [1.807, 2.05) is 0 Å². The largest absolute Gasteiger partial charge is 0.360 e. The maximum atomic E-state index is 6.56. The van der Waals surface area contributed by atoms with Crippen LogP contribution in [0.4, 0.5) is 0 Å². The fourth-order valence-electron chi connectivity index (χ4n) is 9.17. The highest BCUT2D eigenvalue weighted by Crippen LogP contribution is 3.11. The molecule has 8 rings (SSSR count). The van der Waals surface area contributed by atoms with Crippen molar-refractivity contribution < 1.29 is 4.74 Å². The minimum Gasteiger partial charge on any atom is -0.360 e. The van der Waals surface area contributed by atoms with E-state index < -0.39 is 0 Å². The third-order valence-corrected chi connectivity index (χ3v) is 8.52. The molecule has 6 aliphatic carbocycles. The van der Waals surface area contributed by atoms with Gasteiger partial charge >= 0.3 is 0 Å². The summed E-state index contributed by atoms with van der Waals surface area (Å²) in [7, 11) is 0. The van der Waals surface area contributed by atoms with Crippen LogP contribution in [0.15, 0.2) is 12.2 Å². The predicted molar refractivity (Wildman–Crippen MR) is 57.5 cm³/mol. The quantitative estimate of drug-likeness (QED) is 0.559. The summed E-state index contributed by atoms with van der Waals surface area (Å²) < 4.78 is 6.56. The topological polar surface area (TPSA) is 9.23 Å². The summed E-state index contributed by atoms with van der Waals surface area (Å²) in [4.78, 5) is 0. The lowest BCUT2D eigenvalue weighted by atomic mass is 9.66. The first-order chi connectivity index (χ1) is 7.64. The molecule has 16 heavy (non-hydrogen) atoms. The van der Waals surface area contributed by atoms with E-state index >= 15 is 0 Å². The average Bonchev–Trinajstić information content (AvgIpc) is 2.85. The molecule has 7 fully saturated rings. The van der Waals surface area contributed by atoms with Crippen LogP contribution in [-0.4, -0.2) is 11.2 Å². The second-order valence-electron chi connectivity index (χ2n) is 8.05. The maximum Gasteiger partial charge on any atom is 0.0915 e. The minimum absolute atomic E-state index is 0.133. The van der Waals surface area contributed by atoms with Gasteiger partial charge in [-0.15, -0.1) is 0 Å². The summed E-state index contributed by atoms with van der Waals surface area (Å²) in [6, 6.07) is 0. The molecular formula is C15H16O. The standard InChI is InChI=1S/C15H16O/c1-12-3-4-13(2,16-12)15-10-6-5-7(11(10)15)9-8(6)14(9,12)15/h3-4,6-11H,5H2,1-2H3/t6?,7?,8-,9-,10+,11+,12-,13+,14?,15?. The van der Waals surface area contributed by atoms with Crippen LogP contribution in [0.2, 0.25) is 0 Å². The summed E-state index contributed by atoms with van der Waals surface area (Å²) in [5.74, 6) is 6.60. The van der Waals surface area contributed by atoms with E-state index in [2.05, 4.69) is 26.0 Å². The zero-order valence-electron chi connectivity index (χ0n) is 9.73. The number of fused-ring (bicyclic) bond motifs is 2. The molecule has 0 aromatic carbocycles. The average molecular weight is 212 g/mol. The van der Waals surface area contributed by atoms with Gasteiger partial charge in [-0.25, -0.2) is 0 Å². The normalized spacial score (nSPS) is 93.9. The number of hydrogen-bond acceptors (Lipinski definition) is 1. The van der Waals surface area contributed by atoms with Crippen molar-refractivity contribution in [3.05, 3.63) is 12.2 Å². The van der Waals surface area contributed by atoms with Crippen molar-refractivity contribution in [2.75, 3.05) is 0 Å². The molecule has 8 aliphatic rings. The molecule has 0 aromatic heterocycles. The molecule has 6 saturated carbocycles. The van der Waals surface area contributed by atoms with Crippen molar-refractivity contribution in [3.63, 3.8) is 0 Å². The van der Waals surface area contributed by atoms with Gasteiger partial charge < -0.3 is 4.74 Å². The van der Waals surface area contributed by atoms with Gasteiger partial charge in [0, 0.05) is 10.8 Å². The van der Waals surface area contributed by atoms with E-state index in [1.165, 1.54) is 0 Å². The fourth-order valence-corrected chi connectivity index (χ4v) is 9.17. The molecular weight excluding hydrogens is 196 g/mol. The van der Waals surface area contributed by atoms with Crippen molar-refractivity contribution in [1.29, 1.82) is 0 Å². The molecule has 8 atom stereocenters. The Morgan fingerprint density at radius 3 is 1.75 bits per heavy atom. The summed E-state index contributed by atoms with van der Waals surface area (Å²) in [6.45, 7) is 4.80. The van der Waals surface area contributed by atoms with Crippen LogP contribution in [0.1, 0.15) is 20.3 Å². The van der Waals surface area contributed by atoms with E-state index in [1.54, 1.807) is 6.42 Å². The van der Waals surface area contributed by atoms with E-state index in [0.29, 0.717) is 10.8 Å². The second-order valence-corrected chi connectivity index (χ2v) is 8.05. The number of rotatable bonds is 0. The molecule has 1 saturated heterocycles. The number of ether oxygens (including phenoxy) is 1. The van der Waals surface area contributed by atoms with Crippen LogP contribution in [0.3, 0.4) is 0 Å². The molecule has 0 radical (unpaired) electrons. The zero-order chi connectivity index (χ0) is 10.3. The zero-order valence-corrected chi connectivity index (χ0v) is 9.73. The molecule has 0 aromatic rings. The van der Waals surface area contributed by atoms with E-state index in [0.717, 1.165) is 35.5 Å². The van der Waals surface area contributed by atoms with Crippen LogP contribution in [0, 0.1) is 46.3 Å². The second kappa shape index (κ2) is 1.32. The van der Waals surface area contributed by atoms with Gasteiger partial charge in [0.05, 0.1) is 11.2 Å². The molecule has 0 amide bonds. The maximum absolute atomic E-state index is 6.56. The fraction of sp³-hybridized carbons (Fsp3) is 0.867. The molecule has 1 nitrogen and oxygen atoms in total. The van der Waals surface area contributed by atoms with Gasteiger partial charge in [-0.05, 0) is 55.8 Å². The SMILES string of the molecule is C[C@]12C=C[C@](C)(O1)C13[C@H]4C5CC([C@@H]6[C@@H]5C612)[C@@H]43. The van der Waals surface area contributed by atoms with Crippen molar-refractivity contribution in [2.45, 2.75) is 31.5 Å². The van der Waals surface area contributed by atoms with Crippen molar-refractivity contribution in [3.8, 4) is 0 Å². The van der Waals surface area contributed by atoms with Crippen LogP contribution in [-0.2, 0) is 4.74 Å². The predicted octanol–water partition coefficient (Wildman–Crippen LogP) is 2.23. The Balaban J connectivity index is 1.72. The van der Waals surface area contributed by atoms with E-state index in [9.17, 15) is 0 Å². The summed E-state index contributed by atoms with van der Waals surface area (Å²) in [5.41, 5.74) is 1.56. The van der Waals surface area contributed by atoms with Crippen LogP contribution < -0.4 is 0 Å². The molecule has 2 aliphatic heterocycles. The monoisotopic (exact) mass is 212 g/mol. The first-order valence-electron chi connectivity index (χ1n) is 7.04.